The summed E-state index contributed by atoms with van der Waals surface area (Å²) in [7, 11) is 6.45. The zero-order valence-corrected chi connectivity index (χ0v) is 11.1. The maximum absolute atomic E-state index is 4.25. The number of hydrogen-bond donors (Lipinski definition) is 1. The predicted molar refractivity (Wildman–Crippen MR) is 68.3 cm³/mol. The third-order valence-corrected chi connectivity index (χ3v) is 2.81. The Morgan fingerprint density at radius 3 is 2.14 bits per heavy atom. The minimum atomic E-state index is 0.814. The summed E-state index contributed by atoms with van der Waals surface area (Å²) in [6.45, 7) is 5.84. The largest absolute Gasteiger partial charge is 0.308 e. The lowest BCUT2D eigenvalue weighted by Gasteiger charge is -2.20. The van der Waals surface area contributed by atoms with E-state index in [1.165, 1.54) is 25.9 Å². The highest BCUT2D eigenvalue weighted by Gasteiger charge is 2.03. The highest BCUT2D eigenvalue weighted by atomic mass is 32.1. The van der Waals surface area contributed by atoms with Crippen molar-refractivity contribution in [1.82, 2.24) is 9.80 Å². The van der Waals surface area contributed by atoms with Crippen LogP contribution in [-0.4, -0.2) is 56.3 Å². The third kappa shape index (κ3) is 8.85. The molecule has 0 aliphatic heterocycles. The second-order valence-electron chi connectivity index (χ2n) is 4.51. The molecule has 0 aliphatic carbocycles. The third-order valence-electron chi connectivity index (χ3n) is 2.55. The van der Waals surface area contributed by atoms with Crippen LogP contribution in [0.4, 0.5) is 0 Å². The zero-order chi connectivity index (χ0) is 11.0. The number of nitrogens with zero attached hydrogens (tertiary/aromatic N) is 2. The Labute approximate surface area is 95.1 Å². The Bertz CT molecular complexity index is 128. The van der Waals surface area contributed by atoms with Crippen LogP contribution in [0.5, 0.6) is 0 Å². The van der Waals surface area contributed by atoms with Gasteiger partial charge in [0, 0.05) is 13.1 Å². The average molecular weight is 218 g/mol. The molecular formula is C11H26N2S. The van der Waals surface area contributed by atoms with E-state index < -0.39 is 0 Å². The normalized spacial score (nSPS) is 13.9. The summed E-state index contributed by atoms with van der Waals surface area (Å²) in [5.41, 5.74) is 0. The number of likely N-dealkylation sites (N-methyl/N-ethyl adjacent to an activating group) is 2. The molecule has 0 aromatic carbocycles. The summed E-state index contributed by atoms with van der Waals surface area (Å²) < 4.78 is 0. The van der Waals surface area contributed by atoms with Crippen molar-refractivity contribution in [1.29, 1.82) is 0 Å². The van der Waals surface area contributed by atoms with E-state index in [0.29, 0.717) is 0 Å². The Kier molecular flexibility index (Phi) is 8.73. The van der Waals surface area contributed by atoms with Crippen molar-refractivity contribution in [3.8, 4) is 0 Å². The molecule has 0 aromatic heterocycles. The van der Waals surface area contributed by atoms with Gasteiger partial charge in [0.05, 0.1) is 0 Å². The maximum atomic E-state index is 4.25. The molecule has 0 spiro atoms. The smallest absolute Gasteiger partial charge is 0.0106 e. The Hall–Kier alpha value is 0.270. The summed E-state index contributed by atoms with van der Waals surface area (Å²) in [5, 5.41) is 0. The monoisotopic (exact) mass is 218 g/mol. The predicted octanol–water partition coefficient (Wildman–Crippen LogP) is 1.83. The minimum absolute atomic E-state index is 0.814. The van der Waals surface area contributed by atoms with Gasteiger partial charge in [-0.2, -0.15) is 12.6 Å². The fraction of sp³-hybridized carbons (Fsp3) is 1.00. The molecule has 0 saturated carbocycles. The molecule has 1 atom stereocenters. The molecular weight excluding hydrogens is 192 g/mol. The standard InChI is InChI=1S/C11H26N2S/c1-11(6-10-14)5-7-13(4)9-8-12(2)3/h11,14H,5-10H2,1-4H3. The van der Waals surface area contributed by atoms with Crippen LogP contribution in [-0.2, 0) is 0 Å². The molecule has 86 valence electrons. The summed E-state index contributed by atoms with van der Waals surface area (Å²) in [6.07, 6.45) is 2.54. The van der Waals surface area contributed by atoms with Crippen molar-refractivity contribution in [2.45, 2.75) is 19.8 Å². The summed E-state index contributed by atoms with van der Waals surface area (Å²) in [4.78, 5) is 4.64. The molecule has 0 saturated heterocycles. The molecule has 0 aromatic rings. The van der Waals surface area contributed by atoms with Gasteiger partial charge in [0.15, 0.2) is 0 Å². The summed E-state index contributed by atoms with van der Waals surface area (Å²) in [5.74, 6) is 1.83. The van der Waals surface area contributed by atoms with E-state index in [1.807, 2.05) is 0 Å². The number of thiol groups is 1. The fourth-order valence-corrected chi connectivity index (χ4v) is 1.73. The molecule has 0 rings (SSSR count). The summed E-state index contributed by atoms with van der Waals surface area (Å²) in [6, 6.07) is 0. The van der Waals surface area contributed by atoms with E-state index >= 15 is 0 Å². The SMILES string of the molecule is CC(CCS)CCN(C)CCN(C)C. The van der Waals surface area contributed by atoms with Gasteiger partial charge in [-0.1, -0.05) is 6.92 Å². The van der Waals surface area contributed by atoms with Gasteiger partial charge in [-0.3, -0.25) is 0 Å². The van der Waals surface area contributed by atoms with E-state index in [1.54, 1.807) is 0 Å². The van der Waals surface area contributed by atoms with Crippen LogP contribution < -0.4 is 0 Å². The van der Waals surface area contributed by atoms with E-state index in [0.717, 1.165) is 18.2 Å². The van der Waals surface area contributed by atoms with E-state index in [2.05, 4.69) is 50.5 Å². The van der Waals surface area contributed by atoms with Crippen molar-refractivity contribution in [3.63, 3.8) is 0 Å². The molecule has 0 N–H and O–H groups in total. The van der Waals surface area contributed by atoms with Crippen molar-refractivity contribution >= 4 is 12.6 Å². The van der Waals surface area contributed by atoms with Crippen LogP contribution in [0.1, 0.15) is 19.8 Å². The average Bonchev–Trinajstić information content (AvgIpc) is 2.12. The maximum Gasteiger partial charge on any atom is 0.0106 e. The second-order valence-corrected chi connectivity index (χ2v) is 4.96. The van der Waals surface area contributed by atoms with Gasteiger partial charge in [-0.25, -0.2) is 0 Å². The van der Waals surface area contributed by atoms with Gasteiger partial charge in [0.25, 0.3) is 0 Å². The van der Waals surface area contributed by atoms with Gasteiger partial charge in [0.1, 0.15) is 0 Å². The van der Waals surface area contributed by atoms with Crippen molar-refractivity contribution in [2.24, 2.45) is 5.92 Å². The zero-order valence-electron chi connectivity index (χ0n) is 10.2. The highest BCUT2D eigenvalue weighted by Crippen LogP contribution is 2.08. The van der Waals surface area contributed by atoms with E-state index in [9.17, 15) is 0 Å². The van der Waals surface area contributed by atoms with Crippen LogP contribution in [0.2, 0.25) is 0 Å². The van der Waals surface area contributed by atoms with Crippen LogP contribution in [0.25, 0.3) is 0 Å². The first kappa shape index (κ1) is 14.3. The van der Waals surface area contributed by atoms with Gasteiger partial charge < -0.3 is 9.80 Å². The van der Waals surface area contributed by atoms with Crippen LogP contribution in [0.15, 0.2) is 0 Å². The van der Waals surface area contributed by atoms with E-state index in [4.69, 9.17) is 0 Å². The van der Waals surface area contributed by atoms with Crippen molar-refractivity contribution < 1.29 is 0 Å². The highest BCUT2D eigenvalue weighted by molar-refractivity contribution is 7.80. The molecule has 3 heteroatoms. The number of hydrogen-bond acceptors (Lipinski definition) is 3. The molecule has 14 heavy (non-hydrogen) atoms. The quantitative estimate of drug-likeness (QED) is 0.621. The molecule has 0 heterocycles. The number of rotatable bonds is 8. The molecule has 0 amide bonds. The van der Waals surface area contributed by atoms with E-state index in [-0.39, 0.29) is 0 Å². The van der Waals surface area contributed by atoms with Crippen LogP contribution in [0, 0.1) is 5.92 Å². The van der Waals surface area contributed by atoms with Crippen LogP contribution >= 0.6 is 12.6 Å². The lowest BCUT2D eigenvalue weighted by molar-refractivity contribution is 0.266. The Morgan fingerprint density at radius 1 is 1.00 bits per heavy atom. The lowest BCUT2D eigenvalue weighted by atomic mass is 10.1. The first-order chi connectivity index (χ1) is 6.56. The lowest BCUT2D eigenvalue weighted by Crippen LogP contribution is -2.30. The topological polar surface area (TPSA) is 6.48 Å². The van der Waals surface area contributed by atoms with Gasteiger partial charge in [-0.15, -0.1) is 0 Å². The molecule has 0 radical (unpaired) electrons. The molecule has 1 unspecified atom stereocenters. The summed E-state index contributed by atoms with van der Waals surface area (Å²) >= 11 is 4.25. The van der Waals surface area contributed by atoms with Crippen LogP contribution in [0.3, 0.4) is 0 Å². The molecule has 0 fully saturated rings. The van der Waals surface area contributed by atoms with Crippen molar-refractivity contribution in [2.75, 3.05) is 46.5 Å². The van der Waals surface area contributed by atoms with Gasteiger partial charge in [0.2, 0.25) is 0 Å². The Balaban J connectivity index is 3.38. The first-order valence-electron chi connectivity index (χ1n) is 5.50. The first-order valence-corrected chi connectivity index (χ1v) is 6.13. The molecule has 2 nitrogen and oxygen atoms in total. The van der Waals surface area contributed by atoms with Gasteiger partial charge >= 0.3 is 0 Å². The molecule has 0 bridgehead atoms. The molecule has 0 aliphatic rings. The van der Waals surface area contributed by atoms with Crippen molar-refractivity contribution in [3.05, 3.63) is 0 Å². The minimum Gasteiger partial charge on any atom is -0.308 e. The second kappa shape index (κ2) is 8.57. The Morgan fingerprint density at radius 2 is 1.64 bits per heavy atom. The fourth-order valence-electron chi connectivity index (χ4n) is 1.29. The van der Waals surface area contributed by atoms with Gasteiger partial charge in [-0.05, 0) is 52.2 Å².